The van der Waals surface area contributed by atoms with Gasteiger partial charge in [0.2, 0.25) is 5.78 Å². The molecule has 2 aliphatic heterocycles. The van der Waals surface area contributed by atoms with Gasteiger partial charge in [0, 0.05) is 18.0 Å². The molecule has 0 spiro atoms. The molecule has 4 rings (SSSR count). The average molecular weight is 480 g/mol. The molecule has 2 saturated heterocycles. The summed E-state index contributed by atoms with van der Waals surface area (Å²) < 4.78 is 11.3. The fourth-order valence-corrected chi connectivity index (χ4v) is 4.55. The number of nitrogens with zero attached hydrogens (tertiary/aromatic N) is 2. The number of morpholine rings is 1. The van der Waals surface area contributed by atoms with Crippen LogP contribution in [0.4, 0.5) is 0 Å². The Bertz CT molecular complexity index is 1090. The van der Waals surface area contributed by atoms with Crippen molar-refractivity contribution in [2.75, 3.05) is 46.0 Å². The normalized spacial score (nSPS) is 20.6. The van der Waals surface area contributed by atoms with Crippen molar-refractivity contribution in [2.45, 2.75) is 26.8 Å². The summed E-state index contributed by atoms with van der Waals surface area (Å²) in [6.45, 7) is 10.7. The molecular weight excluding hydrogens is 446 g/mol. The molecule has 1 unspecified atom stereocenters. The van der Waals surface area contributed by atoms with Crippen molar-refractivity contribution >= 4 is 17.4 Å². The van der Waals surface area contributed by atoms with Gasteiger partial charge in [0.15, 0.2) is 0 Å². The van der Waals surface area contributed by atoms with Crippen LogP contribution in [-0.2, 0) is 14.3 Å². The number of hydrogen-bond acceptors (Lipinski definition) is 6. The molecule has 1 aromatic heterocycles. The maximum atomic E-state index is 13.7. The number of aryl methyl sites for hydroxylation is 1. The lowest BCUT2D eigenvalue weighted by Gasteiger charge is -2.30. The van der Waals surface area contributed by atoms with Crippen molar-refractivity contribution in [3.05, 3.63) is 65.0 Å². The minimum absolute atomic E-state index is 0.00609. The largest absolute Gasteiger partial charge is 0.872 e. The van der Waals surface area contributed by atoms with Crippen molar-refractivity contribution in [3.8, 4) is 5.75 Å². The zero-order chi connectivity index (χ0) is 24.9. The third-order valence-corrected chi connectivity index (χ3v) is 6.47. The molecule has 0 saturated carbocycles. The van der Waals surface area contributed by atoms with Gasteiger partial charge in [-0.1, -0.05) is 25.7 Å². The maximum absolute atomic E-state index is 13.7. The molecule has 2 fully saturated rings. The van der Waals surface area contributed by atoms with E-state index in [1.807, 2.05) is 6.92 Å². The highest BCUT2D eigenvalue weighted by Crippen LogP contribution is 2.38. The molecule has 8 heteroatoms. The Morgan fingerprint density at radius 3 is 2.57 bits per heavy atom. The minimum atomic E-state index is -0.733. The molecule has 0 aliphatic carbocycles. The fraction of sp³-hybridized carbons (Fsp3) is 0.444. The molecule has 2 aliphatic rings. The number of Topliss-reactive ketones (excluding diaryl/α,β-unsaturated/α-hetero) is 1. The lowest BCUT2D eigenvalue weighted by Crippen LogP contribution is -3.14. The zero-order valence-electron chi connectivity index (χ0n) is 20.6. The van der Waals surface area contributed by atoms with Gasteiger partial charge in [-0.15, -0.1) is 0 Å². The number of carbonyl (C=O) groups excluding carboxylic acids is 2. The average Bonchev–Trinajstić information content (AvgIpc) is 3.12. The summed E-state index contributed by atoms with van der Waals surface area (Å²) in [5.74, 6) is -0.706. The molecule has 0 bridgehead atoms. The summed E-state index contributed by atoms with van der Waals surface area (Å²) in [5, 5.41) is 13.7. The number of carbonyl (C=O) groups is 2. The predicted octanol–water partition coefficient (Wildman–Crippen LogP) is 0.564. The zero-order valence-corrected chi connectivity index (χ0v) is 20.6. The summed E-state index contributed by atoms with van der Waals surface area (Å²) in [6, 6.07) is 7.93. The topological polar surface area (TPSA) is 96.2 Å². The van der Waals surface area contributed by atoms with E-state index in [0.717, 1.165) is 18.7 Å². The number of nitrogens with one attached hydrogen (secondary N) is 1. The maximum Gasteiger partial charge on any atom is 0.295 e. The van der Waals surface area contributed by atoms with Gasteiger partial charge in [-0.2, -0.15) is 0 Å². The van der Waals surface area contributed by atoms with Crippen LogP contribution >= 0.6 is 0 Å². The number of hydrogen-bond donors (Lipinski definition) is 1. The number of amides is 1. The number of aromatic nitrogens is 1. The van der Waals surface area contributed by atoms with Crippen LogP contribution in [0.15, 0.2) is 48.3 Å². The molecule has 1 aromatic carbocycles. The van der Waals surface area contributed by atoms with Crippen molar-refractivity contribution in [1.82, 2.24) is 9.88 Å². The molecule has 3 heterocycles. The van der Waals surface area contributed by atoms with E-state index in [0.29, 0.717) is 55.7 Å². The molecule has 1 amide bonds. The first-order chi connectivity index (χ1) is 16.9. The number of quaternary nitrogens is 1. The van der Waals surface area contributed by atoms with E-state index in [1.165, 1.54) is 4.90 Å². The molecule has 1 N–H and O–H groups in total. The number of benzene rings is 1. The molecule has 2 aromatic rings. The van der Waals surface area contributed by atoms with E-state index >= 15 is 0 Å². The molecule has 186 valence electrons. The molecule has 0 radical (unpaired) electrons. The van der Waals surface area contributed by atoms with Gasteiger partial charge >= 0.3 is 0 Å². The first-order valence-electron chi connectivity index (χ1n) is 12.2. The number of rotatable bonds is 8. The minimum Gasteiger partial charge on any atom is -0.872 e. The lowest BCUT2D eigenvalue weighted by molar-refractivity contribution is -0.907. The highest BCUT2D eigenvalue weighted by molar-refractivity contribution is 6.46. The second kappa shape index (κ2) is 11.0. The van der Waals surface area contributed by atoms with Crippen molar-refractivity contribution in [2.24, 2.45) is 5.92 Å². The quantitative estimate of drug-likeness (QED) is 0.338. The summed E-state index contributed by atoms with van der Waals surface area (Å²) >= 11 is 0. The van der Waals surface area contributed by atoms with Crippen LogP contribution in [0.1, 0.15) is 36.6 Å². The number of pyridine rings is 1. The van der Waals surface area contributed by atoms with E-state index in [1.54, 1.807) is 47.6 Å². The van der Waals surface area contributed by atoms with Gasteiger partial charge in [-0.25, -0.2) is 0 Å². The van der Waals surface area contributed by atoms with E-state index < -0.39 is 23.5 Å². The van der Waals surface area contributed by atoms with Crippen LogP contribution in [0.2, 0.25) is 0 Å². The Balaban J connectivity index is 1.67. The lowest BCUT2D eigenvalue weighted by atomic mass is 9.95. The molecule has 35 heavy (non-hydrogen) atoms. The number of likely N-dealkylation sites (tertiary alicyclic amines) is 1. The summed E-state index contributed by atoms with van der Waals surface area (Å²) in [7, 11) is 0. The van der Waals surface area contributed by atoms with Gasteiger partial charge in [0.05, 0.1) is 39.0 Å². The van der Waals surface area contributed by atoms with Crippen molar-refractivity contribution in [1.29, 1.82) is 0 Å². The van der Waals surface area contributed by atoms with Gasteiger partial charge in [-0.05, 0) is 53.8 Å². The number of ketones is 1. The van der Waals surface area contributed by atoms with E-state index in [4.69, 9.17) is 9.47 Å². The number of ether oxygens (including phenoxy) is 2. The molecule has 1 atom stereocenters. The highest BCUT2D eigenvalue weighted by atomic mass is 16.5. The molecular formula is C27H33N3O5. The Morgan fingerprint density at radius 1 is 1.20 bits per heavy atom. The van der Waals surface area contributed by atoms with E-state index in [-0.39, 0.29) is 5.57 Å². The first kappa shape index (κ1) is 24.9. The van der Waals surface area contributed by atoms with Gasteiger partial charge in [0.1, 0.15) is 18.8 Å². The first-order valence-corrected chi connectivity index (χ1v) is 12.2. The fourth-order valence-electron chi connectivity index (χ4n) is 4.55. The summed E-state index contributed by atoms with van der Waals surface area (Å²) in [6.07, 6.45) is 3.22. The van der Waals surface area contributed by atoms with Crippen LogP contribution in [0.3, 0.4) is 0 Å². The third-order valence-electron chi connectivity index (χ3n) is 6.47. The third kappa shape index (κ3) is 5.55. The molecule has 8 nitrogen and oxygen atoms in total. The Labute approximate surface area is 206 Å². The van der Waals surface area contributed by atoms with Gasteiger partial charge < -0.3 is 24.4 Å². The SMILES string of the molecule is Cc1cc(C([O-])=C2C(=O)C(=O)N(CC[NH+]3CCOCC3)C2c2ccncc2)ccc1OCC(C)C. The predicted molar refractivity (Wildman–Crippen MR) is 129 cm³/mol. The van der Waals surface area contributed by atoms with Gasteiger partial charge in [0.25, 0.3) is 5.91 Å². The van der Waals surface area contributed by atoms with Crippen molar-refractivity contribution in [3.63, 3.8) is 0 Å². The van der Waals surface area contributed by atoms with Crippen LogP contribution in [0, 0.1) is 12.8 Å². The smallest absolute Gasteiger partial charge is 0.295 e. The monoisotopic (exact) mass is 479 g/mol. The second-order valence-electron chi connectivity index (χ2n) is 9.55. The van der Waals surface area contributed by atoms with Crippen LogP contribution in [0.5, 0.6) is 5.75 Å². The second-order valence-corrected chi connectivity index (χ2v) is 9.55. The van der Waals surface area contributed by atoms with Gasteiger partial charge in [-0.3, -0.25) is 14.6 Å². The summed E-state index contributed by atoms with van der Waals surface area (Å²) in [4.78, 5) is 33.2. The van der Waals surface area contributed by atoms with E-state index in [2.05, 4.69) is 18.8 Å². The van der Waals surface area contributed by atoms with Crippen LogP contribution < -0.4 is 14.7 Å². The summed E-state index contributed by atoms with van der Waals surface area (Å²) in [5.41, 5.74) is 1.87. The van der Waals surface area contributed by atoms with Crippen LogP contribution in [0.25, 0.3) is 5.76 Å². The Kier molecular flexibility index (Phi) is 7.83. The highest BCUT2D eigenvalue weighted by Gasteiger charge is 2.44. The van der Waals surface area contributed by atoms with E-state index in [9.17, 15) is 14.7 Å². The van der Waals surface area contributed by atoms with Crippen molar-refractivity contribution < 1.29 is 29.1 Å². The standard InChI is InChI=1S/C27H33N3O5/c1-18(2)17-35-22-5-4-21(16-19(22)3)25(31)23-24(20-6-8-28-9-7-20)30(27(33)26(23)32)11-10-29-12-14-34-15-13-29/h4-9,16,18,24,31H,10-15,17H2,1-3H3. The Hall–Kier alpha value is -3.23. The van der Waals surface area contributed by atoms with Crippen LogP contribution in [-0.4, -0.2) is 67.6 Å². The Morgan fingerprint density at radius 2 is 1.91 bits per heavy atom.